The molecule has 3 heterocycles. The van der Waals surface area contributed by atoms with Gasteiger partial charge in [-0.3, -0.25) is 0 Å². The van der Waals surface area contributed by atoms with Crippen molar-refractivity contribution in [3.05, 3.63) is 48.8 Å². The van der Waals surface area contributed by atoms with Crippen molar-refractivity contribution in [3.8, 4) is 16.9 Å². The van der Waals surface area contributed by atoms with E-state index in [1.165, 1.54) is 12.1 Å². The fourth-order valence-corrected chi connectivity index (χ4v) is 2.88. The normalized spacial score (nSPS) is 14.1. The maximum Gasteiger partial charge on any atom is 0.387 e. The third-order valence-electron chi connectivity index (χ3n) is 4.26. The fraction of sp³-hybridized carbons (Fsp3) is 0.263. The summed E-state index contributed by atoms with van der Waals surface area (Å²) >= 11 is 0. The molecule has 1 N–H and O–H groups in total. The Bertz CT molecular complexity index is 951. The molecule has 0 unspecified atom stereocenters. The standard InChI is InChI=1S/C19H18F2N6O2/c20-18(21)29-15-3-1-13(2-4-15)14-11-17(26-23-12-14)24-16-5-6-22-19(25-16)27-7-9-28-10-8-27/h1-6,11-12,18H,7-10H2,(H,22,24,25,26). The second kappa shape index (κ2) is 8.74. The molecular formula is C19H18F2N6O2. The Balaban J connectivity index is 1.49. The number of benzene rings is 1. The molecule has 0 radical (unpaired) electrons. The van der Waals surface area contributed by atoms with Gasteiger partial charge in [0.15, 0.2) is 5.82 Å². The minimum Gasteiger partial charge on any atom is -0.435 e. The molecule has 0 saturated carbocycles. The molecule has 1 fully saturated rings. The van der Waals surface area contributed by atoms with Crippen molar-refractivity contribution < 1.29 is 18.3 Å². The highest BCUT2D eigenvalue weighted by atomic mass is 19.3. The minimum absolute atomic E-state index is 0.0979. The van der Waals surface area contributed by atoms with E-state index in [0.29, 0.717) is 30.8 Å². The van der Waals surface area contributed by atoms with Crippen molar-refractivity contribution in [1.29, 1.82) is 0 Å². The molecule has 2 aromatic heterocycles. The number of anilines is 3. The number of hydrogen-bond acceptors (Lipinski definition) is 8. The summed E-state index contributed by atoms with van der Waals surface area (Å²) in [4.78, 5) is 10.9. The zero-order valence-electron chi connectivity index (χ0n) is 15.3. The second-order valence-electron chi connectivity index (χ2n) is 6.20. The Morgan fingerprint density at radius 1 is 1.03 bits per heavy atom. The quantitative estimate of drug-likeness (QED) is 0.676. The van der Waals surface area contributed by atoms with Crippen LogP contribution >= 0.6 is 0 Å². The average molecular weight is 400 g/mol. The van der Waals surface area contributed by atoms with Gasteiger partial charge in [0.05, 0.1) is 19.4 Å². The van der Waals surface area contributed by atoms with E-state index in [1.807, 2.05) is 0 Å². The van der Waals surface area contributed by atoms with Crippen LogP contribution in [-0.4, -0.2) is 53.1 Å². The van der Waals surface area contributed by atoms with E-state index in [4.69, 9.17) is 4.74 Å². The third-order valence-corrected chi connectivity index (χ3v) is 4.26. The molecule has 1 aliphatic heterocycles. The molecular weight excluding hydrogens is 382 g/mol. The van der Waals surface area contributed by atoms with Crippen molar-refractivity contribution in [2.75, 3.05) is 36.5 Å². The van der Waals surface area contributed by atoms with Crippen molar-refractivity contribution in [3.63, 3.8) is 0 Å². The molecule has 10 heteroatoms. The molecule has 0 aliphatic carbocycles. The van der Waals surface area contributed by atoms with E-state index in [0.717, 1.165) is 24.2 Å². The molecule has 0 amide bonds. The summed E-state index contributed by atoms with van der Waals surface area (Å²) in [6.45, 7) is -0.0752. The van der Waals surface area contributed by atoms with Crippen molar-refractivity contribution in [2.24, 2.45) is 0 Å². The number of nitrogens with zero attached hydrogens (tertiary/aromatic N) is 5. The molecule has 0 atom stereocenters. The predicted molar refractivity (Wildman–Crippen MR) is 102 cm³/mol. The lowest BCUT2D eigenvalue weighted by Crippen LogP contribution is -2.37. The lowest BCUT2D eigenvalue weighted by Gasteiger charge is -2.26. The van der Waals surface area contributed by atoms with Gasteiger partial charge in [-0.05, 0) is 29.8 Å². The Morgan fingerprint density at radius 2 is 1.83 bits per heavy atom. The second-order valence-corrected chi connectivity index (χ2v) is 6.20. The zero-order valence-corrected chi connectivity index (χ0v) is 15.3. The van der Waals surface area contributed by atoms with Crippen LogP contribution in [0.2, 0.25) is 0 Å². The molecule has 1 aromatic carbocycles. The summed E-state index contributed by atoms with van der Waals surface area (Å²) < 4.78 is 34.3. The largest absolute Gasteiger partial charge is 0.435 e. The maximum atomic E-state index is 12.3. The van der Waals surface area contributed by atoms with E-state index in [-0.39, 0.29) is 5.75 Å². The fourth-order valence-electron chi connectivity index (χ4n) is 2.88. The highest BCUT2D eigenvalue weighted by Gasteiger charge is 2.14. The van der Waals surface area contributed by atoms with Gasteiger partial charge in [-0.2, -0.15) is 18.9 Å². The topological polar surface area (TPSA) is 85.3 Å². The lowest BCUT2D eigenvalue weighted by atomic mass is 10.1. The first-order valence-electron chi connectivity index (χ1n) is 8.98. The van der Waals surface area contributed by atoms with Crippen LogP contribution in [0.3, 0.4) is 0 Å². The van der Waals surface area contributed by atoms with Crippen LogP contribution in [0.15, 0.2) is 48.8 Å². The van der Waals surface area contributed by atoms with Crippen LogP contribution < -0.4 is 15.0 Å². The van der Waals surface area contributed by atoms with E-state index in [1.54, 1.807) is 36.7 Å². The van der Waals surface area contributed by atoms with E-state index >= 15 is 0 Å². The first-order valence-corrected chi connectivity index (χ1v) is 8.98. The minimum atomic E-state index is -2.85. The number of aromatic nitrogens is 4. The number of ether oxygens (including phenoxy) is 2. The summed E-state index contributed by atoms with van der Waals surface area (Å²) in [5, 5.41) is 11.2. The third kappa shape index (κ3) is 4.91. The van der Waals surface area contributed by atoms with Gasteiger partial charge in [-0.1, -0.05) is 12.1 Å². The SMILES string of the molecule is FC(F)Oc1ccc(-c2cnnc(Nc3ccnc(N4CCOCC4)n3)c2)cc1. The van der Waals surface area contributed by atoms with E-state index in [2.05, 4.69) is 35.1 Å². The van der Waals surface area contributed by atoms with Gasteiger partial charge in [-0.15, -0.1) is 5.10 Å². The Hall–Kier alpha value is -3.40. The zero-order chi connectivity index (χ0) is 20.1. The highest BCUT2D eigenvalue weighted by molar-refractivity contribution is 5.67. The van der Waals surface area contributed by atoms with Crippen molar-refractivity contribution in [2.45, 2.75) is 6.61 Å². The Labute approximate surface area is 165 Å². The van der Waals surface area contributed by atoms with Crippen LogP contribution in [0.5, 0.6) is 5.75 Å². The summed E-state index contributed by atoms with van der Waals surface area (Å²) in [7, 11) is 0. The number of halogens is 2. The van der Waals surface area contributed by atoms with Crippen LogP contribution in [0, 0.1) is 0 Å². The number of alkyl halides is 2. The molecule has 0 bridgehead atoms. The smallest absolute Gasteiger partial charge is 0.387 e. The first-order chi connectivity index (χ1) is 14.2. The Kier molecular flexibility index (Phi) is 5.71. The molecule has 1 aliphatic rings. The first kappa shape index (κ1) is 18.9. The van der Waals surface area contributed by atoms with Crippen LogP contribution in [0.1, 0.15) is 0 Å². The van der Waals surface area contributed by atoms with Gasteiger partial charge in [-0.25, -0.2) is 4.98 Å². The molecule has 0 spiro atoms. The summed E-state index contributed by atoms with van der Waals surface area (Å²) in [5.74, 6) is 1.81. The molecule has 1 saturated heterocycles. The van der Waals surface area contributed by atoms with Gasteiger partial charge in [0, 0.05) is 24.8 Å². The maximum absolute atomic E-state index is 12.3. The van der Waals surface area contributed by atoms with Crippen LogP contribution in [-0.2, 0) is 4.74 Å². The highest BCUT2D eigenvalue weighted by Crippen LogP contribution is 2.25. The molecule has 29 heavy (non-hydrogen) atoms. The van der Waals surface area contributed by atoms with Gasteiger partial charge in [0.1, 0.15) is 11.6 Å². The molecule has 150 valence electrons. The summed E-state index contributed by atoms with van der Waals surface area (Å²) in [6.07, 6.45) is 3.27. The number of rotatable bonds is 6. The lowest BCUT2D eigenvalue weighted by molar-refractivity contribution is -0.0498. The van der Waals surface area contributed by atoms with Crippen LogP contribution in [0.4, 0.5) is 26.4 Å². The van der Waals surface area contributed by atoms with Gasteiger partial charge in [0.25, 0.3) is 0 Å². The van der Waals surface area contributed by atoms with Crippen molar-refractivity contribution in [1.82, 2.24) is 20.2 Å². The monoisotopic (exact) mass is 400 g/mol. The predicted octanol–water partition coefficient (Wildman–Crippen LogP) is 3.12. The van der Waals surface area contributed by atoms with Gasteiger partial charge in [0.2, 0.25) is 5.95 Å². The Morgan fingerprint density at radius 3 is 2.59 bits per heavy atom. The summed E-state index contributed by atoms with van der Waals surface area (Å²) in [5.41, 5.74) is 1.56. The molecule has 4 rings (SSSR count). The van der Waals surface area contributed by atoms with Gasteiger partial charge >= 0.3 is 6.61 Å². The summed E-state index contributed by atoms with van der Waals surface area (Å²) in [6, 6.07) is 9.86. The average Bonchev–Trinajstić information content (AvgIpc) is 2.75. The molecule has 3 aromatic rings. The van der Waals surface area contributed by atoms with Gasteiger partial charge < -0.3 is 19.7 Å². The number of nitrogens with one attached hydrogen (secondary N) is 1. The van der Waals surface area contributed by atoms with E-state index < -0.39 is 6.61 Å². The van der Waals surface area contributed by atoms with Crippen LogP contribution in [0.25, 0.3) is 11.1 Å². The number of hydrogen-bond donors (Lipinski definition) is 1. The number of morpholine rings is 1. The van der Waals surface area contributed by atoms with E-state index in [9.17, 15) is 8.78 Å². The molecule has 8 nitrogen and oxygen atoms in total. The van der Waals surface area contributed by atoms with Crippen molar-refractivity contribution >= 4 is 17.6 Å².